The third kappa shape index (κ3) is 4.00. The van der Waals surface area contributed by atoms with E-state index in [9.17, 15) is 9.59 Å². The van der Waals surface area contributed by atoms with E-state index in [0.717, 1.165) is 5.16 Å². The quantitative estimate of drug-likeness (QED) is 0.489. The molecule has 136 valence electrons. The van der Waals surface area contributed by atoms with Crippen molar-refractivity contribution in [3.63, 3.8) is 0 Å². The number of thioether (sulfide) groups is 1. The van der Waals surface area contributed by atoms with Crippen molar-refractivity contribution in [1.29, 1.82) is 0 Å². The van der Waals surface area contributed by atoms with Gasteiger partial charge in [0.25, 0.3) is 0 Å². The molecule has 7 nitrogen and oxygen atoms in total. The van der Waals surface area contributed by atoms with E-state index in [-0.39, 0.29) is 18.3 Å². The molecular formula is C17H17N3O4S2. The molecule has 0 aliphatic rings. The number of hydrogen-bond donors (Lipinski definition) is 1. The fourth-order valence-corrected chi connectivity index (χ4v) is 3.94. The number of esters is 1. The zero-order valence-electron chi connectivity index (χ0n) is 14.2. The molecule has 0 fully saturated rings. The molecule has 1 amide bonds. The summed E-state index contributed by atoms with van der Waals surface area (Å²) in [5.41, 5.74) is 0.910. The molecule has 0 aromatic carbocycles. The van der Waals surface area contributed by atoms with E-state index >= 15 is 0 Å². The summed E-state index contributed by atoms with van der Waals surface area (Å²) >= 11 is 2.58. The van der Waals surface area contributed by atoms with Gasteiger partial charge in [-0.2, -0.15) is 0 Å². The van der Waals surface area contributed by atoms with Crippen LogP contribution in [0.25, 0.3) is 11.3 Å². The number of aromatic nitrogens is 2. The second-order valence-electron chi connectivity index (χ2n) is 5.21. The molecule has 0 aliphatic heterocycles. The first kappa shape index (κ1) is 18.3. The third-order valence-electron chi connectivity index (χ3n) is 3.42. The van der Waals surface area contributed by atoms with Gasteiger partial charge in [0.05, 0.1) is 18.6 Å². The van der Waals surface area contributed by atoms with Crippen LogP contribution in [0.1, 0.15) is 17.3 Å². The van der Waals surface area contributed by atoms with Gasteiger partial charge < -0.3 is 19.0 Å². The van der Waals surface area contributed by atoms with Gasteiger partial charge in [0, 0.05) is 30.4 Å². The lowest BCUT2D eigenvalue weighted by atomic mass is 10.1. The SMILES string of the molecule is CCOC(=O)c1c(-c2ccco2)csc1NC(=O)CSc1nccn1C. The molecule has 3 rings (SSSR count). The summed E-state index contributed by atoms with van der Waals surface area (Å²) in [5, 5.41) is 5.75. The minimum atomic E-state index is -0.493. The van der Waals surface area contributed by atoms with Gasteiger partial charge in [0.2, 0.25) is 5.91 Å². The molecule has 3 aromatic rings. The molecule has 0 radical (unpaired) electrons. The van der Waals surface area contributed by atoms with Crippen LogP contribution in [-0.2, 0) is 16.6 Å². The Morgan fingerprint density at radius 2 is 2.31 bits per heavy atom. The molecule has 3 heterocycles. The summed E-state index contributed by atoms with van der Waals surface area (Å²) in [7, 11) is 1.86. The second kappa shape index (κ2) is 8.24. The maximum atomic E-state index is 12.4. The number of hydrogen-bond acceptors (Lipinski definition) is 7. The first-order chi connectivity index (χ1) is 12.6. The topological polar surface area (TPSA) is 86.4 Å². The van der Waals surface area contributed by atoms with Crippen molar-refractivity contribution in [2.24, 2.45) is 7.05 Å². The number of rotatable bonds is 7. The van der Waals surface area contributed by atoms with Crippen molar-refractivity contribution in [1.82, 2.24) is 9.55 Å². The monoisotopic (exact) mass is 391 g/mol. The number of carbonyl (C=O) groups is 2. The Morgan fingerprint density at radius 1 is 1.46 bits per heavy atom. The summed E-state index contributed by atoms with van der Waals surface area (Å²) in [6, 6.07) is 3.50. The molecule has 1 N–H and O–H groups in total. The molecule has 3 aromatic heterocycles. The van der Waals surface area contributed by atoms with Crippen LogP contribution in [0.5, 0.6) is 0 Å². The van der Waals surface area contributed by atoms with Gasteiger partial charge in [0.15, 0.2) is 5.16 Å². The molecule has 0 saturated heterocycles. The van der Waals surface area contributed by atoms with Gasteiger partial charge in [-0.05, 0) is 19.1 Å². The zero-order valence-corrected chi connectivity index (χ0v) is 15.9. The van der Waals surface area contributed by atoms with Crippen molar-refractivity contribution in [3.8, 4) is 11.3 Å². The van der Waals surface area contributed by atoms with E-state index in [1.54, 1.807) is 30.6 Å². The average Bonchev–Trinajstić information content (AvgIpc) is 3.33. The normalized spacial score (nSPS) is 10.7. The Morgan fingerprint density at radius 3 is 2.96 bits per heavy atom. The van der Waals surface area contributed by atoms with Gasteiger partial charge in [-0.25, -0.2) is 9.78 Å². The number of imidazole rings is 1. The zero-order chi connectivity index (χ0) is 18.5. The van der Waals surface area contributed by atoms with E-state index < -0.39 is 5.97 Å². The van der Waals surface area contributed by atoms with Gasteiger partial charge in [-0.1, -0.05) is 11.8 Å². The van der Waals surface area contributed by atoms with Crippen LogP contribution < -0.4 is 5.32 Å². The largest absolute Gasteiger partial charge is 0.464 e. The molecule has 0 saturated carbocycles. The van der Waals surface area contributed by atoms with Gasteiger partial charge in [-0.15, -0.1) is 11.3 Å². The van der Waals surface area contributed by atoms with E-state index in [1.807, 2.05) is 17.8 Å². The number of furan rings is 1. The molecule has 0 spiro atoms. The highest BCUT2D eigenvalue weighted by Gasteiger charge is 2.24. The highest BCUT2D eigenvalue weighted by atomic mass is 32.2. The highest BCUT2D eigenvalue weighted by Crippen LogP contribution is 2.36. The number of amides is 1. The first-order valence-electron chi connectivity index (χ1n) is 7.82. The lowest BCUT2D eigenvalue weighted by Crippen LogP contribution is -2.16. The lowest BCUT2D eigenvalue weighted by Gasteiger charge is -2.08. The van der Waals surface area contributed by atoms with E-state index in [2.05, 4.69) is 10.3 Å². The number of carbonyl (C=O) groups excluding carboxylic acids is 2. The molecule has 0 aliphatic carbocycles. The van der Waals surface area contributed by atoms with Crippen LogP contribution in [-0.4, -0.2) is 33.8 Å². The summed E-state index contributed by atoms with van der Waals surface area (Å²) < 4.78 is 12.4. The smallest absolute Gasteiger partial charge is 0.341 e. The van der Waals surface area contributed by atoms with Crippen LogP contribution in [0.15, 0.2) is 45.7 Å². The molecular weight excluding hydrogens is 374 g/mol. The van der Waals surface area contributed by atoms with E-state index in [1.165, 1.54) is 29.4 Å². The first-order valence-corrected chi connectivity index (χ1v) is 9.69. The number of nitrogens with one attached hydrogen (secondary N) is 1. The van der Waals surface area contributed by atoms with Crippen molar-refractivity contribution in [2.75, 3.05) is 17.7 Å². The minimum Gasteiger partial charge on any atom is -0.464 e. The minimum absolute atomic E-state index is 0.182. The Bertz CT molecular complexity index is 899. The maximum Gasteiger partial charge on any atom is 0.341 e. The molecule has 26 heavy (non-hydrogen) atoms. The Balaban J connectivity index is 1.77. The summed E-state index contributed by atoms with van der Waals surface area (Å²) in [5.74, 6) is 0.0111. The van der Waals surface area contributed by atoms with E-state index in [4.69, 9.17) is 9.15 Å². The number of thiophene rings is 1. The number of nitrogens with zero attached hydrogens (tertiary/aromatic N) is 2. The summed E-state index contributed by atoms with van der Waals surface area (Å²) in [6.07, 6.45) is 5.02. The van der Waals surface area contributed by atoms with Crippen molar-refractivity contribution in [2.45, 2.75) is 12.1 Å². The number of ether oxygens (including phenoxy) is 1. The Kier molecular flexibility index (Phi) is 5.79. The Hall–Kier alpha value is -2.52. The lowest BCUT2D eigenvalue weighted by molar-refractivity contribution is -0.113. The van der Waals surface area contributed by atoms with Gasteiger partial charge >= 0.3 is 5.97 Å². The molecule has 9 heteroatoms. The standard InChI is InChI=1S/C17H17N3O4S2/c1-3-23-16(22)14-11(12-5-4-8-24-12)9-25-15(14)19-13(21)10-26-17-18-6-7-20(17)2/h4-9H,3,10H2,1-2H3,(H,19,21). The van der Waals surface area contributed by atoms with Crippen LogP contribution in [0.3, 0.4) is 0 Å². The molecule has 0 bridgehead atoms. The van der Waals surface area contributed by atoms with Crippen LogP contribution in [0.4, 0.5) is 5.00 Å². The fraction of sp³-hybridized carbons (Fsp3) is 0.235. The number of aryl methyl sites for hydroxylation is 1. The molecule has 0 unspecified atom stereocenters. The summed E-state index contributed by atoms with van der Waals surface area (Å²) in [6.45, 7) is 1.98. The predicted octanol–water partition coefficient (Wildman–Crippen LogP) is 3.65. The summed E-state index contributed by atoms with van der Waals surface area (Å²) in [4.78, 5) is 28.9. The number of anilines is 1. The fourth-order valence-electron chi connectivity index (χ4n) is 2.25. The van der Waals surface area contributed by atoms with Crippen LogP contribution in [0, 0.1) is 0 Å². The van der Waals surface area contributed by atoms with Crippen molar-refractivity contribution < 1.29 is 18.7 Å². The van der Waals surface area contributed by atoms with Gasteiger partial charge in [-0.3, -0.25) is 4.79 Å². The van der Waals surface area contributed by atoms with Crippen molar-refractivity contribution >= 4 is 40.0 Å². The van der Waals surface area contributed by atoms with E-state index in [0.29, 0.717) is 21.9 Å². The van der Waals surface area contributed by atoms with Crippen molar-refractivity contribution in [3.05, 3.63) is 41.7 Å². The van der Waals surface area contributed by atoms with Crippen LogP contribution >= 0.6 is 23.1 Å². The maximum absolute atomic E-state index is 12.4. The average molecular weight is 391 g/mol. The second-order valence-corrected chi connectivity index (χ2v) is 7.03. The van der Waals surface area contributed by atoms with Crippen LogP contribution in [0.2, 0.25) is 0 Å². The molecule has 0 atom stereocenters. The Labute approximate surface area is 158 Å². The predicted molar refractivity (Wildman–Crippen MR) is 101 cm³/mol. The van der Waals surface area contributed by atoms with Gasteiger partial charge in [0.1, 0.15) is 16.3 Å². The third-order valence-corrected chi connectivity index (χ3v) is 5.37. The highest BCUT2D eigenvalue weighted by molar-refractivity contribution is 7.99.